The molecular formula is C18H19N3O3. The second-order valence-electron chi connectivity index (χ2n) is 5.64. The van der Waals surface area contributed by atoms with Gasteiger partial charge in [0.05, 0.1) is 12.0 Å². The van der Waals surface area contributed by atoms with Crippen molar-refractivity contribution in [1.29, 1.82) is 0 Å². The van der Waals surface area contributed by atoms with Crippen molar-refractivity contribution < 1.29 is 13.7 Å². The number of nitrogens with one attached hydrogen (secondary N) is 1. The van der Waals surface area contributed by atoms with E-state index >= 15 is 0 Å². The topological polar surface area (TPSA) is 81.2 Å². The average Bonchev–Trinajstić information content (AvgIpc) is 3.22. The molecule has 0 saturated heterocycles. The summed E-state index contributed by atoms with van der Waals surface area (Å²) in [7, 11) is 0. The summed E-state index contributed by atoms with van der Waals surface area (Å²) in [5.41, 5.74) is 3.67. The molecule has 0 radical (unpaired) electrons. The van der Waals surface area contributed by atoms with Crippen molar-refractivity contribution in [3.05, 3.63) is 59.4 Å². The maximum atomic E-state index is 12.0. The van der Waals surface area contributed by atoms with Crippen LogP contribution in [0, 0.1) is 13.8 Å². The van der Waals surface area contributed by atoms with E-state index in [4.69, 9.17) is 8.94 Å². The standard InChI is InChI=1S/C18H19N3O3/c1-12-16(13(2)24-21-12)5-6-18(22)20-10-14-8-15(11-19-9-14)17-4-3-7-23-17/h3-4,7-9,11H,5-6,10H2,1-2H3,(H,20,22). The van der Waals surface area contributed by atoms with Crippen LogP contribution in [0.2, 0.25) is 0 Å². The van der Waals surface area contributed by atoms with E-state index in [2.05, 4.69) is 15.5 Å². The van der Waals surface area contributed by atoms with E-state index in [0.29, 0.717) is 19.4 Å². The van der Waals surface area contributed by atoms with E-state index in [-0.39, 0.29) is 5.91 Å². The lowest BCUT2D eigenvalue weighted by Crippen LogP contribution is -2.23. The number of aryl methyl sites for hydroxylation is 2. The van der Waals surface area contributed by atoms with Gasteiger partial charge in [0.1, 0.15) is 11.5 Å². The lowest BCUT2D eigenvalue weighted by molar-refractivity contribution is -0.121. The van der Waals surface area contributed by atoms with Crippen LogP contribution in [-0.2, 0) is 17.8 Å². The van der Waals surface area contributed by atoms with Crippen molar-refractivity contribution in [3.8, 4) is 11.3 Å². The van der Waals surface area contributed by atoms with Gasteiger partial charge in [-0.25, -0.2) is 0 Å². The minimum Gasteiger partial charge on any atom is -0.464 e. The number of carbonyl (C=O) groups excluding carboxylic acids is 1. The zero-order chi connectivity index (χ0) is 16.9. The monoisotopic (exact) mass is 325 g/mol. The molecule has 0 unspecified atom stereocenters. The van der Waals surface area contributed by atoms with Crippen molar-refractivity contribution in [2.24, 2.45) is 0 Å². The smallest absolute Gasteiger partial charge is 0.220 e. The highest BCUT2D eigenvalue weighted by atomic mass is 16.5. The fourth-order valence-corrected chi connectivity index (χ4v) is 2.55. The Bertz CT molecular complexity index is 802. The van der Waals surface area contributed by atoms with Gasteiger partial charge < -0.3 is 14.3 Å². The SMILES string of the molecule is Cc1noc(C)c1CCC(=O)NCc1cncc(-c2ccco2)c1. The summed E-state index contributed by atoms with van der Waals surface area (Å²) in [6, 6.07) is 5.67. The zero-order valence-electron chi connectivity index (χ0n) is 13.7. The molecule has 124 valence electrons. The Morgan fingerprint density at radius 3 is 2.88 bits per heavy atom. The van der Waals surface area contributed by atoms with E-state index in [1.807, 2.05) is 32.0 Å². The van der Waals surface area contributed by atoms with E-state index in [1.165, 1.54) is 0 Å². The Labute approximate surface area is 139 Å². The third-order valence-electron chi connectivity index (χ3n) is 3.87. The fourth-order valence-electron chi connectivity index (χ4n) is 2.55. The number of hydrogen-bond acceptors (Lipinski definition) is 5. The van der Waals surface area contributed by atoms with Gasteiger partial charge in [-0.05, 0) is 44.0 Å². The lowest BCUT2D eigenvalue weighted by atomic mass is 10.1. The largest absolute Gasteiger partial charge is 0.464 e. The van der Waals surface area contributed by atoms with Crippen molar-refractivity contribution in [1.82, 2.24) is 15.5 Å². The Morgan fingerprint density at radius 2 is 2.17 bits per heavy atom. The number of amides is 1. The van der Waals surface area contributed by atoms with Crippen LogP contribution >= 0.6 is 0 Å². The predicted molar refractivity (Wildman–Crippen MR) is 88.1 cm³/mol. The quantitative estimate of drug-likeness (QED) is 0.752. The predicted octanol–water partition coefficient (Wildman–Crippen LogP) is 3.20. The first-order chi connectivity index (χ1) is 11.6. The van der Waals surface area contributed by atoms with Gasteiger partial charge >= 0.3 is 0 Å². The van der Waals surface area contributed by atoms with Gasteiger partial charge in [0.15, 0.2) is 0 Å². The molecule has 0 bridgehead atoms. The summed E-state index contributed by atoms with van der Waals surface area (Å²) in [5.74, 6) is 1.52. The molecule has 3 rings (SSSR count). The van der Waals surface area contributed by atoms with Gasteiger partial charge in [0, 0.05) is 36.5 Å². The van der Waals surface area contributed by atoms with Gasteiger partial charge in [0.25, 0.3) is 0 Å². The molecule has 0 spiro atoms. The molecule has 6 heteroatoms. The zero-order valence-corrected chi connectivity index (χ0v) is 13.7. The first-order valence-electron chi connectivity index (χ1n) is 7.79. The number of furan rings is 1. The van der Waals surface area contributed by atoms with Crippen molar-refractivity contribution in [2.75, 3.05) is 0 Å². The maximum absolute atomic E-state index is 12.0. The fraction of sp³-hybridized carbons (Fsp3) is 0.278. The van der Waals surface area contributed by atoms with Gasteiger partial charge in [-0.1, -0.05) is 5.16 Å². The van der Waals surface area contributed by atoms with E-state index in [0.717, 1.165) is 33.9 Å². The molecule has 1 N–H and O–H groups in total. The summed E-state index contributed by atoms with van der Waals surface area (Å²) >= 11 is 0. The number of aromatic nitrogens is 2. The van der Waals surface area contributed by atoms with Crippen molar-refractivity contribution in [3.63, 3.8) is 0 Å². The molecule has 24 heavy (non-hydrogen) atoms. The molecule has 3 aromatic rings. The lowest BCUT2D eigenvalue weighted by Gasteiger charge is -2.06. The third kappa shape index (κ3) is 3.71. The van der Waals surface area contributed by atoms with E-state index in [1.54, 1.807) is 18.7 Å². The number of rotatable bonds is 6. The van der Waals surface area contributed by atoms with Crippen LogP contribution in [-0.4, -0.2) is 16.0 Å². The Hall–Kier alpha value is -2.89. The summed E-state index contributed by atoms with van der Waals surface area (Å²) in [5, 5.41) is 6.81. The number of nitrogens with zero attached hydrogens (tertiary/aromatic N) is 2. The van der Waals surface area contributed by atoms with Crippen LogP contribution in [0.4, 0.5) is 0 Å². The Morgan fingerprint density at radius 1 is 1.29 bits per heavy atom. The Kier molecular flexibility index (Phi) is 4.74. The second kappa shape index (κ2) is 7.12. The van der Waals surface area contributed by atoms with E-state index in [9.17, 15) is 4.79 Å². The molecule has 0 fully saturated rings. The molecule has 6 nitrogen and oxygen atoms in total. The number of carbonyl (C=O) groups is 1. The first-order valence-corrected chi connectivity index (χ1v) is 7.79. The molecule has 1 amide bonds. The first kappa shape index (κ1) is 16.0. The highest BCUT2D eigenvalue weighted by Crippen LogP contribution is 2.19. The van der Waals surface area contributed by atoms with Crippen LogP contribution in [0.5, 0.6) is 0 Å². The minimum atomic E-state index is -0.0154. The number of pyridine rings is 1. The minimum absolute atomic E-state index is 0.0154. The molecule has 3 heterocycles. The summed E-state index contributed by atoms with van der Waals surface area (Å²) in [6.07, 6.45) is 6.12. The molecule has 0 saturated carbocycles. The molecule has 0 aliphatic heterocycles. The van der Waals surface area contributed by atoms with E-state index < -0.39 is 0 Å². The van der Waals surface area contributed by atoms with Crippen LogP contribution in [0.25, 0.3) is 11.3 Å². The van der Waals surface area contributed by atoms with Crippen molar-refractivity contribution in [2.45, 2.75) is 33.2 Å². The summed E-state index contributed by atoms with van der Waals surface area (Å²) in [6.45, 7) is 4.18. The highest BCUT2D eigenvalue weighted by Gasteiger charge is 2.11. The number of hydrogen-bond donors (Lipinski definition) is 1. The van der Waals surface area contributed by atoms with Crippen LogP contribution < -0.4 is 5.32 Å². The van der Waals surface area contributed by atoms with Gasteiger partial charge in [-0.3, -0.25) is 9.78 Å². The highest BCUT2D eigenvalue weighted by molar-refractivity contribution is 5.76. The Balaban J connectivity index is 1.54. The molecule has 0 aliphatic carbocycles. The molecule has 0 atom stereocenters. The molecule has 0 aliphatic rings. The van der Waals surface area contributed by atoms with Crippen LogP contribution in [0.3, 0.4) is 0 Å². The molecular weight excluding hydrogens is 306 g/mol. The second-order valence-corrected chi connectivity index (χ2v) is 5.64. The third-order valence-corrected chi connectivity index (χ3v) is 3.87. The molecule has 3 aromatic heterocycles. The van der Waals surface area contributed by atoms with Gasteiger partial charge in [0.2, 0.25) is 5.91 Å². The van der Waals surface area contributed by atoms with Gasteiger partial charge in [-0.2, -0.15) is 0 Å². The normalized spacial score (nSPS) is 10.8. The van der Waals surface area contributed by atoms with Gasteiger partial charge in [-0.15, -0.1) is 0 Å². The summed E-state index contributed by atoms with van der Waals surface area (Å²) < 4.78 is 10.5. The van der Waals surface area contributed by atoms with Crippen LogP contribution in [0.1, 0.15) is 29.0 Å². The maximum Gasteiger partial charge on any atom is 0.220 e. The summed E-state index contributed by atoms with van der Waals surface area (Å²) in [4.78, 5) is 16.2. The molecule has 0 aromatic carbocycles. The average molecular weight is 325 g/mol. The van der Waals surface area contributed by atoms with Crippen LogP contribution in [0.15, 0.2) is 45.8 Å². The van der Waals surface area contributed by atoms with Crippen molar-refractivity contribution >= 4 is 5.91 Å².